The Balaban J connectivity index is 1.73. The average Bonchev–Trinajstić information content (AvgIpc) is 3.75. The number of carbonyl (C=O) groups excluding carboxylic acids is 3. The van der Waals surface area contributed by atoms with Gasteiger partial charge >= 0.3 is 0 Å². The molecule has 1 aromatic heterocycles. The van der Waals surface area contributed by atoms with E-state index in [0.29, 0.717) is 13.0 Å². The second-order valence-electron chi connectivity index (χ2n) is 13.6. The van der Waals surface area contributed by atoms with Crippen LogP contribution in [0.25, 0.3) is 0 Å². The van der Waals surface area contributed by atoms with Gasteiger partial charge in [-0.25, -0.2) is 4.98 Å². The highest BCUT2D eigenvalue weighted by atomic mass is 32.1. The van der Waals surface area contributed by atoms with Gasteiger partial charge in [0, 0.05) is 39.4 Å². The summed E-state index contributed by atoms with van der Waals surface area (Å²) in [5, 5.41) is 16.3. The number of benzene rings is 1. The highest BCUT2D eigenvalue weighted by Crippen LogP contribution is 2.30. The Morgan fingerprint density at radius 2 is 1.87 bits per heavy atom. The van der Waals surface area contributed by atoms with Crippen LogP contribution < -0.4 is 5.32 Å². The molecule has 0 spiro atoms. The molecule has 1 aromatic carbocycles. The summed E-state index contributed by atoms with van der Waals surface area (Å²) >= 11 is 1.52. The van der Waals surface area contributed by atoms with E-state index in [-0.39, 0.29) is 54.6 Å². The number of ether oxygens (including phenoxy) is 2. The average molecular weight is 673 g/mol. The van der Waals surface area contributed by atoms with Gasteiger partial charge in [-0.3, -0.25) is 14.4 Å². The summed E-state index contributed by atoms with van der Waals surface area (Å²) in [4.78, 5) is 48.8. The number of nitrogens with one attached hydrogen (secondary N) is 1. The molecule has 0 bridgehead atoms. The first-order chi connectivity index (χ1) is 22.3. The fraction of sp³-hybridized carbons (Fsp3) is 0.667. The van der Waals surface area contributed by atoms with Crippen LogP contribution in [-0.4, -0.2) is 95.3 Å². The van der Waals surface area contributed by atoms with Gasteiger partial charge in [-0.2, -0.15) is 0 Å². The molecular formula is C36H56N4O6S. The van der Waals surface area contributed by atoms with Crippen LogP contribution in [0.15, 0.2) is 41.9 Å². The van der Waals surface area contributed by atoms with Crippen molar-refractivity contribution in [2.75, 3.05) is 27.8 Å². The quantitative estimate of drug-likeness (QED) is 0.228. The molecule has 47 heavy (non-hydrogen) atoms. The molecule has 2 aromatic rings. The molecule has 2 heterocycles. The van der Waals surface area contributed by atoms with Crippen molar-refractivity contribution in [3.63, 3.8) is 0 Å². The summed E-state index contributed by atoms with van der Waals surface area (Å²) in [6.45, 7) is 9.74. The molecule has 3 amide bonds. The predicted octanol–water partition coefficient (Wildman–Crippen LogP) is 5.01. The van der Waals surface area contributed by atoms with E-state index in [0.717, 1.165) is 30.7 Å². The SMILES string of the molecule is CC[C@H](C)[C@@H]([C@@H](CC(=O)N1CCC[C@H]1[C@H](OC)[C@@H](C)C(=O)NC(CCc1ccccc1)c1nccs1)OC)N(C)C(=O)CC(C)(C)O. The lowest BCUT2D eigenvalue weighted by molar-refractivity contribution is -0.147. The largest absolute Gasteiger partial charge is 0.390 e. The lowest BCUT2D eigenvalue weighted by Gasteiger charge is -2.40. The van der Waals surface area contributed by atoms with Gasteiger partial charge in [-0.15, -0.1) is 11.3 Å². The third-order valence-corrected chi connectivity index (χ3v) is 10.4. The first-order valence-electron chi connectivity index (χ1n) is 16.9. The minimum Gasteiger partial charge on any atom is -0.390 e. The number of hydrogen-bond donors (Lipinski definition) is 2. The van der Waals surface area contributed by atoms with Crippen molar-refractivity contribution in [2.24, 2.45) is 11.8 Å². The van der Waals surface area contributed by atoms with Crippen molar-refractivity contribution < 1.29 is 29.0 Å². The maximum Gasteiger partial charge on any atom is 0.226 e. The Kier molecular flexibility index (Phi) is 14.8. The van der Waals surface area contributed by atoms with Crippen molar-refractivity contribution in [1.29, 1.82) is 0 Å². The summed E-state index contributed by atoms with van der Waals surface area (Å²) in [6.07, 6.45) is 4.60. The number of nitrogens with zero attached hydrogens (tertiary/aromatic N) is 3. The molecule has 1 aliphatic heterocycles. The smallest absolute Gasteiger partial charge is 0.226 e. The van der Waals surface area contributed by atoms with E-state index in [1.165, 1.54) is 16.9 Å². The zero-order chi connectivity index (χ0) is 34.7. The molecular weight excluding hydrogens is 616 g/mol. The standard InChI is InChI=1S/C36H56N4O6S/c1-9-24(2)32(39(6)31(42)23-36(4,5)44)29(45-7)22-30(41)40-20-13-16-28(40)33(46-8)25(3)34(43)38-27(35-37-19-21-47-35)18-17-26-14-11-10-12-15-26/h10-12,14-15,19,21,24-25,27-29,32-33,44H,9,13,16-18,20,22-23H2,1-8H3,(H,38,43)/t24-,25+,27?,28-,29+,32-,33+/m0/s1. The molecule has 1 unspecified atom stereocenters. The molecule has 7 atom stereocenters. The van der Waals surface area contributed by atoms with Gasteiger partial charge in [-0.05, 0) is 51.0 Å². The van der Waals surface area contributed by atoms with E-state index in [9.17, 15) is 19.5 Å². The van der Waals surface area contributed by atoms with E-state index in [4.69, 9.17) is 9.47 Å². The molecule has 2 N–H and O–H groups in total. The molecule has 1 saturated heterocycles. The van der Waals surface area contributed by atoms with Crippen LogP contribution in [-0.2, 0) is 30.3 Å². The number of rotatable bonds is 18. The van der Waals surface area contributed by atoms with Crippen molar-refractivity contribution in [3.05, 3.63) is 52.5 Å². The van der Waals surface area contributed by atoms with Gasteiger partial charge in [0.15, 0.2) is 0 Å². The van der Waals surface area contributed by atoms with Gasteiger partial charge < -0.3 is 29.7 Å². The zero-order valence-electron chi connectivity index (χ0n) is 29.5. The second-order valence-corrected chi connectivity index (χ2v) is 14.5. The van der Waals surface area contributed by atoms with Crippen LogP contribution in [0.4, 0.5) is 0 Å². The first kappa shape index (κ1) is 38.6. The molecule has 3 rings (SSSR count). The third kappa shape index (κ3) is 10.8. The third-order valence-electron chi connectivity index (χ3n) is 9.52. The molecule has 11 heteroatoms. The highest BCUT2D eigenvalue weighted by Gasteiger charge is 2.42. The minimum atomic E-state index is -1.15. The van der Waals surface area contributed by atoms with Crippen LogP contribution in [0.5, 0.6) is 0 Å². The van der Waals surface area contributed by atoms with Gasteiger partial charge in [0.05, 0.1) is 54.7 Å². The second kappa shape index (κ2) is 18.1. The Bertz CT molecular complexity index is 1250. The number of hydrogen-bond acceptors (Lipinski definition) is 8. The van der Waals surface area contributed by atoms with E-state index in [1.807, 2.05) is 49.3 Å². The number of carbonyl (C=O) groups is 3. The maximum absolute atomic E-state index is 14.0. The Morgan fingerprint density at radius 1 is 1.17 bits per heavy atom. The van der Waals surface area contributed by atoms with Crippen LogP contribution in [0.2, 0.25) is 0 Å². The molecule has 10 nitrogen and oxygen atoms in total. The lowest BCUT2D eigenvalue weighted by Crippen LogP contribution is -2.53. The number of likely N-dealkylation sites (N-methyl/N-ethyl adjacent to an activating group) is 1. The van der Waals surface area contributed by atoms with E-state index < -0.39 is 23.7 Å². The molecule has 0 radical (unpaired) electrons. The van der Waals surface area contributed by atoms with Gasteiger partial charge in [0.1, 0.15) is 5.01 Å². The van der Waals surface area contributed by atoms with E-state index in [1.54, 1.807) is 46.2 Å². The normalized spacial score (nSPS) is 19.0. The Morgan fingerprint density at radius 3 is 2.45 bits per heavy atom. The van der Waals surface area contributed by atoms with Crippen LogP contribution in [0, 0.1) is 11.8 Å². The van der Waals surface area contributed by atoms with E-state index >= 15 is 0 Å². The van der Waals surface area contributed by atoms with Crippen molar-refractivity contribution in [3.8, 4) is 0 Å². The van der Waals surface area contributed by atoms with Gasteiger partial charge in [-0.1, -0.05) is 57.5 Å². The van der Waals surface area contributed by atoms with Crippen molar-refractivity contribution in [2.45, 2.75) is 115 Å². The number of amides is 3. The van der Waals surface area contributed by atoms with Crippen molar-refractivity contribution >= 4 is 29.1 Å². The zero-order valence-corrected chi connectivity index (χ0v) is 30.3. The highest BCUT2D eigenvalue weighted by molar-refractivity contribution is 7.09. The summed E-state index contributed by atoms with van der Waals surface area (Å²) in [7, 11) is 4.90. The molecule has 0 saturated carbocycles. The summed E-state index contributed by atoms with van der Waals surface area (Å²) in [5.74, 6) is -0.886. The first-order valence-corrected chi connectivity index (χ1v) is 17.8. The lowest BCUT2D eigenvalue weighted by atomic mass is 9.89. The minimum absolute atomic E-state index is 0.0276. The summed E-state index contributed by atoms with van der Waals surface area (Å²) < 4.78 is 11.9. The molecule has 1 fully saturated rings. The topological polar surface area (TPSA) is 121 Å². The molecule has 1 aliphatic rings. The van der Waals surface area contributed by atoms with Gasteiger partial charge in [0.2, 0.25) is 17.7 Å². The number of likely N-dealkylation sites (tertiary alicyclic amines) is 1. The van der Waals surface area contributed by atoms with Gasteiger partial charge in [0.25, 0.3) is 0 Å². The summed E-state index contributed by atoms with van der Waals surface area (Å²) in [6, 6.07) is 9.33. The maximum atomic E-state index is 14.0. The Labute approximate surface area is 285 Å². The number of aryl methyl sites for hydroxylation is 1. The van der Waals surface area contributed by atoms with E-state index in [2.05, 4.69) is 22.4 Å². The fourth-order valence-electron chi connectivity index (χ4n) is 6.74. The fourth-order valence-corrected chi connectivity index (χ4v) is 7.47. The summed E-state index contributed by atoms with van der Waals surface area (Å²) in [5.41, 5.74) is 0.0521. The number of aromatic nitrogens is 1. The van der Waals surface area contributed by atoms with Crippen LogP contribution in [0.1, 0.15) is 89.8 Å². The molecule has 262 valence electrons. The number of methoxy groups -OCH3 is 2. The number of aliphatic hydroxyl groups is 1. The number of thiazole rings is 1. The van der Waals surface area contributed by atoms with Crippen LogP contribution >= 0.6 is 11.3 Å². The monoisotopic (exact) mass is 672 g/mol. The Hall–Kier alpha value is -2.86. The predicted molar refractivity (Wildman–Crippen MR) is 185 cm³/mol. The van der Waals surface area contributed by atoms with Crippen LogP contribution in [0.3, 0.4) is 0 Å². The molecule has 0 aliphatic carbocycles. The van der Waals surface area contributed by atoms with Crippen molar-refractivity contribution in [1.82, 2.24) is 20.1 Å².